The molecule has 10 heteroatoms. The van der Waals surface area contributed by atoms with Crippen LogP contribution in [-0.2, 0) is 0 Å². The van der Waals surface area contributed by atoms with Crippen molar-refractivity contribution in [2.24, 2.45) is 0 Å². The van der Waals surface area contributed by atoms with Gasteiger partial charge in [0.05, 0.1) is 31.1 Å². The molecule has 1 aromatic carbocycles. The number of aromatic hydroxyl groups is 1. The molecule has 0 radical (unpaired) electrons. The minimum Gasteiger partial charge on any atom is -0.507 e. The van der Waals surface area contributed by atoms with Gasteiger partial charge in [-0.15, -0.1) is 15.3 Å². The van der Waals surface area contributed by atoms with E-state index in [9.17, 15) is 5.11 Å². The number of anilines is 1. The van der Waals surface area contributed by atoms with Crippen LogP contribution >= 0.6 is 0 Å². The van der Waals surface area contributed by atoms with Crippen LogP contribution in [-0.4, -0.2) is 67.4 Å². The molecule has 2 aromatic heterocycles. The summed E-state index contributed by atoms with van der Waals surface area (Å²) in [6.07, 6.45) is 8.09. The van der Waals surface area contributed by atoms with Crippen molar-refractivity contribution in [1.82, 2.24) is 30.7 Å². The Hall–Kier alpha value is -3.40. The van der Waals surface area contributed by atoms with Gasteiger partial charge in [-0.1, -0.05) is 6.07 Å². The van der Waals surface area contributed by atoms with E-state index in [1.165, 1.54) is 7.11 Å². The lowest BCUT2D eigenvalue weighted by Gasteiger charge is -2.52. The minimum atomic E-state index is -0.960. The second-order valence-electron chi connectivity index (χ2n) is 10.4. The molecule has 2 N–H and O–H groups in total. The van der Waals surface area contributed by atoms with Crippen molar-refractivity contribution >= 4 is 5.82 Å². The van der Waals surface area contributed by atoms with Crippen LogP contribution in [0.5, 0.6) is 11.6 Å². The lowest BCUT2D eigenvalue weighted by atomic mass is 9.74. The van der Waals surface area contributed by atoms with E-state index in [1.54, 1.807) is 30.6 Å². The molecule has 6 rings (SSSR count). The molecule has 188 valence electrons. The molecule has 3 fully saturated rings. The molecule has 2 aliphatic heterocycles. The highest BCUT2D eigenvalue weighted by Gasteiger charge is 2.50. The van der Waals surface area contributed by atoms with E-state index in [0.717, 1.165) is 49.7 Å². The maximum atomic E-state index is 15.6. The van der Waals surface area contributed by atoms with Gasteiger partial charge in [0, 0.05) is 29.3 Å². The number of hydrogen-bond donors (Lipinski definition) is 2. The van der Waals surface area contributed by atoms with Crippen molar-refractivity contribution < 1.29 is 14.2 Å². The highest BCUT2D eigenvalue weighted by molar-refractivity contribution is 5.72. The van der Waals surface area contributed by atoms with Gasteiger partial charge in [-0.25, -0.2) is 9.37 Å². The number of rotatable bonds is 6. The largest absolute Gasteiger partial charge is 0.507 e. The third-order valence-electron chi connectivity index (χ3n) is 7.71. The fraction of sp³-hybridized carbons (Fsp3) is 0.500. The summed E-state index contributed by atoms with van der Waals surface area (Å²) in [6, 6.07) is 6.89. The fourth-order valence-corrected chi connectivity index (χ4v) is 5.79. The van der Waals surface area contributed by atoms with Crippen LogP contribution in [0.4, 0.5) is 10.2 Å². The van der Waals surface area contributed by atoms with Crippen LogP contribution in [0.25, 0.3) is 22.5 Å². The Morgan fingerprint density at radius 3 is 2.69 bits per heavy atom. The van der Waals surface area contributed by atoms with Crippen molar-refractivity contribution in [1.29, 1.82) is 0 Å². The predicted octanol–water partition coefficient (Wildman–Crippen LogP) is 3.69. The molecular weight excluding hydrogens is 461 g/mol. The number of hydrogen-bond acceptors (Lipinski definition) is 9. The van der Waals surface area contributed by atoms with Gasteiger partial charge in [0.15, 0.2) is 11.6 Å². The summed E-state index contributed by atoms with van der Waals surface area (Å²) in [5.74, 6) is 1.33. The zero-order valence-electron chi connectivity index (χ0n) is 20.4. The Labute approximate surface area is 209 Å². The number of aromatic nitrogens is 5. The van der Waals surface area contributed by atoms with Crippen molar-refractivity contribution in [3.8, 4) is 34.1 Å². The van der Waals surface area contributed by atoms with E-state index in [1.807, 2.05) is 6.07 Å². The van der Waals surface area contributed by atoms with Gasteiger partial charge in [-0.05, 0) is 63.1 Å². The predicted molar refractivity (Wildman–Crippen MR) is 132 cm³/mol. The van der Waals surface area contributed by atoms with E-state index in [-0.39, 0.29) is 29.4 Å². The van der Waals surface area contributed by atoms with Gasteiger partial charge in [-0.2, -0.15) is 5.10 Å². The number of methoxy groups -OCH3 is 1. The SMILES string of the molecule is COc1cc(-c2ccc(-c3ncc(N(C4CC4)[C@H]4C[C@]5(C)CCC[C@@H](N5)[C@H]4F)nn3)c(O)c2)cnn1. The first-order valence-electron chi connectivity index (χ1n) is 12.5. The summed E-state index contributed by atoms with van der Waals surface area (Å²) >= 11 is 0. The van der Waals surface area contributed by atoms with E-state index >= 15 is 4.39 Å². The molecule has 2 saturated heterocycles. The zero-order chi connectivity index (χ0) is 24.9. The molecule has 0 unspecified atom stereocenters. The average Bonchev–Trinajstić information content (AvgIpc) is 3.73. The number of phenols is 1. The van der Waals surface area contributed by atoms with Gasteiger partial charge < -0.3 is 20.1 Å². The van der Waals surface area contributed by atoms with Crippen molar-refractivity contribution in [2.45, 2.75) is 75.3 Å². The number of phenolic OH excluding ortho intramolecular Hbond substituents is 1. The molecule has 3 aliphatic rings. The van der Waals surface area contributed by atoms with E-state index in [0.29, 0.717) is 23.1 Å². The molecule has 0 amide bonds. The van der Waals surface area contributed by atoms with Crippen molar-refractivity contribution in [3.63, 3.8) is 0 Å². The number of nitrogens with one attached hydrogen (secondary N) is 1. The summed E-state index contributed by atoms with van der Waals surface area (Å²) in [5, 5.41) is 30.9. The maximum absolute atomic E-state index is 15.6. The molecule has 4 atom stereocenters. The van der Waals surface area contributed by atoms with Crippen LogP contribution in [0.2, 0.25) is 0 Å². The number of alkyl halides is 1. The summed E-state index contributed by atoms with van der Waals surface area (Å²) in [6.45, 7) is 2.21. The Morgan fingerprint density at radius 2 is 1.97 bits per heavy atom. The van der Waals surface area contributed by atoms with Crippen molar-refractivity contribution in [2.75, 3.05) is 12.0 Å². The number of piperidine rings is 2. The van der Waals surface area contributed by atoms with Crippen LogP contribution in [0, 0.1) is 0 Å². The van der Waals surface area contributed by atoms with Crippen LogP contribution in [0.3, 0.4) is 0 Å². The highest BCUT2D eigenvalue weighted by atomic mass is 19.1. The standard InChI is InChI=1S/C26H30FN7O2/c1-26-9-3-4-19(30-26)24(27)20(12-26)34(17-6-7-17)22-14-28-25(33-31-22)18-8-5-15(10-21(18)35)16-11-23(36-2)32-29-13-16/h5,8,10-11,13-14,17,19-20,24,30,35H,3-4,6-7,9,12H2,1-2H3/t19-,20+,24-,26+/m1/s1. The summed E-state index contributed by atoms with van der Waals surface area (Å²) in [7, 11) is 1.53. The second-order valence-corrected chi connectivity index (χ2v) is 10.4. The lowest BCUT2D eigenvalue weighted by Crippen LogP contribution is -2.67. The summed E-state index contributed by atoms with van der Waals surface area (Å²) in [4.78, 5) is 6.65. The highest BCUT2D eigenvalue weighted by Crippen LogP contribution is 2.42. The van der Waals surface area contributed by atoms with Gasteiger partial charge in [-0.3, -0.25) is 0 Å². The normalized spacial score (nSPS) is 27.5. The topological polar surface area (TPSA) is 109 Å². The first-order valence-corrected chi connectivity index (χ1v) is 12.5. The zero-order valence-corrected chi connectivity index (χ0v) is 20.4. The van der Waals surface area contributed by atoms with Gasteiger partial charge >= 0.3 is 0 Å². The van der Waals surface area contributed by atoms with Crippen LogP contribution in [0.15, 0.2) is 36.7 Å². The summed E-state index contributed by atoms with van der Waals surface area (Å²) < 4.78 is 20.7. The van der Waals surface area contributed by atoms with Gasteiger partial charge in [0.1, 0.15) is 11.9 Å². The molecule has 2 bridgehead atoms. The first kappa shape index (κ1) is 23.0. The lowest BCUT2D eigenvalue weighted by molar-refractivity contribution is 0.0584. The smallest absolute Gasteiger partial charge is 0.233 e. The number of benzene rings is 1. The monoisotopic (exact) mass is 491 g/mol. The van der Waals surface area contributed by atoms with Crippen LogP contribution < -0.4 is 15.0 Å². The molecule has 0 spiro atoms. The second kappa shape index (κ2) is 8.92. The molecule has 1 aliphatic carbocycles. The molecule has 36 heavy (non-hydrogen) atoms. The van der Waals surface area contributed by atoms with Crippen LogP contribution in [0.1, 0.15) is 45.4 Å². The Balaban J connectivity index is 1.26. The molecular formula is C26H30FN7O2. The molecule has 4 heterocycles. The third-order valence-corrected chi connectivity index (χ3v) is 7.71. The quantitative estimate of drug-likeness (QED) is 0.533. The van der Waals surface area contributed by atoms with Gasteiger partial charge in [0.25, 0.3) is 0 Å². The average molecular weight is 492 g/mol. The molecule has 1 saturated carbocycles. The molecule has 3 aromatic rings. The number of fused-ring (bicyclic) bond motifs is 2. The Kier molecular flexibility index (Phi) is 5.70. The maximum Gasteiger partial charge on any atom is 0.233 e. The summed E-state index contributed by atoms with van der Waals surface area (Å²) in [5.41, 5.74) is 1.94. The molecule has 9 nitrogen and oxygen atoms in total. The van der Waals surface area contributed by atoms with Gasteiger partial charge in [0.2, 0.25) is 5.88 Å². The number of nitrogens with zero attached hydrogens (tertiary/aromatic N) is 6. The van der Waals surface area contributed by atoms with E-state index < -0.39 is 6.17 Å². The number of ether oxygens (including phenoxy) is 1. The van der Waals surface area contributed by atoms with E-state index in [4.69, 9.17) is 4.74 Å². The number of halogens is 1. The third kappa shape index (κ3) is 4.23. The Bertz CT molecular complexity index is 1260. The first-order chi connectivity index (χ1) is 17.4. The van der Waals surface area contributed by atoms with E-state index in [2.05, 4.69) is 42.5 Å². The fourth-order valence-electron chi connectivity index (χ4n) is 5.79. The minimum absolute atomic E-state index is 0.0276. The van der Waals surface area contributed by atoms with Crippen molar-refractivity contribution in [3.05, 3.63) is 36.7 Å². The Morgan fingerprint density at radius 1 is 1.11 bits per heavy atom.